The van der Waals surface area contributed by atoms with Crippen LogP contribution in [0.4, 0.5) is 11.5 Å². The first-order chi connectivity index (χ1) is 10.6. The van der Waals surface area contributed by atoms with Gasteiger partial charge in [0.1, 0.15) is 0 Å². The molecule has 1 aromatic heterocycles. The maximum atomic E-state index is 12.3. The van der Waals surface area contributed by atoms with Gasteiger partial charge in [-0.25, -0.2) is 0 Å². The van der Waals surface area contributed by atoms with Gasteiger partial charge in [-0.15, -0.1) is 17.5 Å². The largest absolute Gasteiger partial charge is 0.340 e. The molecule has 2 aromatic rings. The number of carbonyl (C=O) groups is 1. The van der Waals surface area contributed by atoms with E-state index in [1.165, 1.54) is 0 Å². The zero-order valence-electron chi connectivity index (χ0n) is 13.5. The normalized spacial score (nSPS) is 9.87. The number of nitrogens with zero attached hydrogens (tertiary/aromatic N) is 3. The molecule has 1 aromatic carbocycles. The molecule has 0 saturated heterocycles. The molecule has 0 bridgehead atoms. The minimum absolute atomic E-state index is 0. The average Bonchev–Trinajstić information content (AvgIpc) is 2.54. The van der Waals surface area contributed by atoms with Crippen molar-refractivity contribution in [2.45, 2.75) is 6.92 Å². The van der Waals surface area contributed by atoms with E-state index in [9.17, 15) is 4.79 Å². The van der Waals surface area contributed by atoms with Crippen LogP contribution in [-0.4, -0.2) is 48.2 Å². The molecular formula is C16H22ClN5O. The minimum Gasteiger partial charge on any atom is -0.340 e. The number of rotatable bonds is 6. The van der Waals surface area contributed by atoms with Crippen LogP contribution in [0, 0.1) is 6.92 Å². The van der Waals surface area contributed by atoms with Crippen LogP contribution in [-0.2, 0) is 0 Å². The van der Waals surface area contributed by atoms with Gasteiger partial charge in [0.2, 0.25) is 0 Å². The van der Waals surface area contributed by atoms with Gasteiger partial charge in [0.05, 0.1) is 5.69 Å². The highest BCUT2D eigenvalue weighted by Gasteiger charge is 2.11. The van der Waals surface area contributed by atoms with Crippen molar-refractivity contribution in [1.29, 1.82) is 0 Å². The van der Waals surface area contributed by atoms with E-state index in [-0.39, 0.29) is 18.3 Å². The van der Waals surface area contributed by atoms with Gasteiger partial charge in [0, 0.05) is 31.4 Å². The van der Waals surface area contributed by atoms with Gasteiger partial charge < -0.3 is 15.5 Å². The Morgan fingerprint density at radius 3 is 2.65 bits per heavy atom. The number of halogens is 1. The van der Waals surface area contributed by atoms with Crippen LogP contribution in [0.2, 0.25) is 0 Å². The molecule has 0 aliphatic carbocycles. The van der Waals surface area contributed by atoms with Crippen LogP contribution in [0.25, 0.3) is 0 Å². The SMILES string of the molecule is CNCCN(C)C(=O)c1cccc(Nc2ccc(C)nn2)c1.Cl. The highest BCUT2D eigenvalue weighted by Crippen LogP contribution is 2.16. The minimum atomic E-state index is -0.00566. The molecule has 0 aliphatic rings. The molecule has 0 fully saturated rings. The number of benzene rings is 1. The van der Waals surface area contributed by atoms with E-state index in [1.54, 1.807) is 11.9 Å². The zero-order chi connectivity index (χ0) is 15.9. The van der Waals surface area contributed by atoms with E-state index in [1.807, 2.05) is 50.4 Å². The Balaban J connectivity index is 0.00000264. The summed E-state index contributed by atoms with van der Waals surface area (Å²) in [7, 11) is 3.66. The van der Waals surface area contributed by atoms with Crippen LogP contribution in [0.1, 0.15) is 16.1 Å². The summed E-state index contributed by atoms with van der Waals surface area (Å²) in [4.78, 5) is 14.0. The molecule has 0 radical (unpaired) electrons. The van der Waals surface area contributed by atoms with E-state index in [4.69, 9.17) is 0 Å². The molecule has 6 nitrogen and oxygen atoms in total. The van der Waals surface area contributed by atoms with Crippen molar-refractivity contribution in [2.24, 2.45) is 0 Å². The quantitative estimate of drug-likeness (QED) is 0.847. The number of carbonyl (C=O) groups excluding carboxylic acids is 1. The molecule has 1 amide bonds. The van der Waals surface area contributed by atoms with Crippen LogP contribution >= 0.6 is 12.4 Å². The van der Waals surface area contributed by atoms with Crippen molar-refractivity contribution in [3.63, 3.8) is 0 Å². The Morgan fingerprint density at radius 2 is 2.00 bits per heavy atom. The predicted octanol–water partition coefficient (Wildman–Crippen LogP) is 2.24. The van der Waals surface area contributed by atoms with E-state index < -0.39 is 0 Å². The second kappa shape index (κ2) is 9.07. The Hall–Kier alpha value is -2.18. The van der Waals surface area contributed by atoms with Gasteiger partial charge >= 0.3 is 0 Å². The van der Waals surface area contributed by atoms with Gasteiger partial charge in [0.25, 0.3) is 5.91 Å². The lowest BCUT2D eigenvalue weighted by Crippen LogP contribution is -2.32. The number of amides is 1. The summed E-state index contributed by atoms with van der Waals surface area (Å²) in [5.74, 6) is 0.646. The predicted molar refractivity (Wildman–Crippen MR) is 94.6 cm³/mol. The number of likely N-dealkylation sites (N-methyl/N-ethyl adjacent to an activating group) is 2. The monoisotopic (exact) mass is 335 g/mol. The Kier molecular flexibility index (Phi) is 7.44. The molecule has 7 heteroatoms. The van der Waals surface area contributed by atoms with Crippen LogP contribution < -0.4 is 10.6 Å². The van der Waals surface area contributed by atoms with Gasteiger partial charge in [-0.05, 0) is 44.3 Å². The molecule has 2 N–H and O–H groups in total. The zero-order valence-corrected chi connectivity index (χ0v) is 14.4. The third-order valence-electron chi connectivity index (χ3n) is 3.22. The molecule has 0 spiro atoms. The van der Waals surface area contributed by atoms with E-state index in [2.05, 4.69) is 20.8 Å². The van der Waals surface area contributed by atoms with Crippen molar-refractivity contribution in [1.82, 2.24) is 20.4 Å². The van der Waals surface area contributed by atoms with Crippen LogP contribution in [0.5, 0.6) is 0 Å². The topological polar surface area (TPSA) is 70.2 Å². The maximum Gasteiger partial charge on any atom is 0.253 e. The molecule has 1 heterocycles. The molecule has 124 valence electrons. The summed E-state index contributed by atoms with van der Waals surface area (Å²) < 4.78 is 0. The van der Waals surface area contributed by atoms with Crippen molar-refractivity contribution >= 4 is 29.8 Å². The second-order valence-electron chi connectivity index (χ2n) is 5.10. The lowest BCUT2D eigenvalue weighted by molar-refractivity contribution is 0.0797. The molecule has 2 rings (SSSR count). The summed E-state index contributed by atoms with van der Waals surface area (Å²) in [5.41, 5.74) is 2.32. The average molecular weight is 336 g/mol. The summed E-state index contributed by atoms with van der Waals surface area (Å²) in [5, 5.41) is 14.2. The maximum absolute atomic E-state index is 12.3. The number of aromatic nitrogens is 2. The number of hydrogen-bond donors (Lipinski definition) is 2. The summed E-state index contributed by atoms with van der Waals surface area (Å²) >= 11 is 0. The highest BCUT2D eigenvalue weighted by molar-refractivity contribution is 5.95. The first-order valence-corrected chi connectivity index (χ1v) is 7.17. The van der Waals surface area contributed by atoms with Gasteiger partial charge in [-0.1, -0.05) is 6.07 Å². The Bertz CT molecular complexity index is 633. The van der Waals surface area contributed by atoms with Crippen LogP contribution in [0.3, 0.4) is 0 Å². The van der Waals surface area contributed by atoms with Crippen molar-refractivity contribution in [2.75, 3.05) is 32.5 Å². The first kappa shape index (κ1) is 18.9. The molecule has 0 saturated carbocycles. The third-order valence-corrected chi connectivity index (χ3v) is 3.22. The first-order valence-electron chi connectivity index (χ1n) is 7.17. The number of nitrogens with one attached hydrogen (secondary N) is 2. The summed E-state index contributed by atoms with van der Waals surface area (Å²) in [6.07, 6.45) is 0. The van der Waals surface area contributed by atoms with E-state index in [0.717, 1.165) is 17.9 Å². The standard InChI is InChI=1S/C16H21N5O.ClH/c1-12-7-8-15(20-19-12)18-14-6-4-5-13(11-14)16(22)21(3)10-9-17-2;/h4-8,11,17H,9-10H2,1-3H3,(H,18,20);1H. The summed E-state index contributed by atoms with van der Waals surface area (Å²) in [6.45, 7) is 3.31. The highest BCUT2D eigenvalue weighted by atomic mass is 35.5. The number of aryl methyl sites for hydroxylation is 1. The molecule has 0 atom stereocenters. The molecular weight excluding hydrogens is 314 g/mol. The fourth-order valence-electron chi connectivity index (χ4n) is 1.94. The van der Waals surface area contributed by atoms with Crippen molar-refractivity contribution < 1.29 is 4.79 Å². The fourth-order valence-corrected chi connectivity index (χ4v) is 1.94. The number of hydrogen-bond acceptors (Lipinski definition) is 5. The Morgan fingerprint density at radius 1 is 1.22 bits per heavy atom. The van der Waals surface area contributed by atoms with Gasteiger partial charge in [-0.2, -0.15) is 5.10 Å². The second-order valence-corrected chi connectivity index (χ2v) is 5.10. The van der Waals surface area contributed by atoms with Gasteiger partial charge in [-0.3, -0.25) is 4.79 Å². The van der Waals surface area contributed by atoms with Crippen LogP contribution in [0.15, 0.2) is 36.4 Å². The van der Waals surface area contributed by atoms with Crippen molar-refractivity contribution in [3.05, 3.63) is 47.7 Å². The third kappa shape index (κ3) is 5.50. The lowest BCUT2D eigenvalue weighted by Gasteiger charge is -2.17. The lowest BCUT2D eigenvalue weighted by atomic mass is 10.1. The number of anilines is 2. The van der Waals surface area contributed by atoms with Gasteiger partial charge in [0.15, 0.2) is 5.82 Å². The summed E-state index contributed by atoms with van der Waals surface area (Å²) in [6, 6.07) is 11.1. The molecule has 0 unspecified atom stereocenters. The van der Waals surface area contributed by atoms with Crippen molar-refractivity contribution in [3.8, 4) is 0 Å². The molecule has 23 heavy (non-hydrogen) atoms. The smallest absolute Gasteiger partial charge is 0.253 e. The van der Waals surface area contributed by atoms with E-state index >= 15 is 0 Å². The molecule has 0 aliphatic heterocycles. The Labute approximate surface area is 142 Å². The van der Waals surface area contributed by atoms with E-state index in [0.29, 0.717) is 17.9 Å². The fraction of sp³-hybridized carbons (Fsp3) is 0.312.